The molecule has 0 fully saturated rings. The molecule has 0 aliphatic carbocycles. The largest absolute Gasteiger partial charge is 0.484 e. The van der Waals surface area contributed by atoms with E-state index in [9.17, 15) is 13.6 Å². The second kappa shape index (κ2) is 8.46. The van der Waals surface area contributed by atoms with Gasteiger partial charge in [-0.3, -0.25) is 4.79 Å². The summed E-state index contributed by atoms with van der Waals surface area (Å²) in [7, 11) is 0. The van der Waals surface area contributed by atoms with E-state index in [1.807, 2.05) is 32.0 Å². The Balaban J connectivity index is 1.91. The maximum absolute atomic E-state index is 12.3. The van der Waals surface area contributed by atoms with E-state index in [-0.39, 0.29) is 24.3 Å². The molecule has 0 saturated heterocycles. The molecule has 4 nitrogen and oxygen atoms in total. The van der Waals surface area contributed by atoms with E-state index in [2.05, 4.69) is 10.1 Å². The van der Waals surface area contributed by atoms with Crippen LogP contribution in [-0.4, -0.2) is 19.1 Å². The minimum absolute atomic E-state index is 0.0556. The number of hydrogen-bond donors (Lipinski definition) is 1. The lowest BCUT2D eigenvalue weighted by atomic mass is 10.1. The molecule has 1 unspecified atom stereocenters. The van der Waals surface area contributed by atoms with E-state index in [4.69, 9.17) is 4.74 Å². The molecule has 0 bridgehead atoms. The van der Waals surface area contributed by atoms with Gasteiger partial charge in [0.15, 0.2) is 6.61 Å². The van der Waals surface area contributed by atoms with Gasteiger partial charge in [0.25, 0.3) is 5.91 Å². The molecule has 1 atom stereocenters. The molecule has 25 heavy (non-hydrogen) atoms. The van der Waals surface area contributed by atoms with Gasteiger partial charge in [0.05, 0.1) is 6.04 Å². The van der Waals surface area contributed by atoms with Gasteiger partial charge >= 0.3 is 6.61 Å². The highest BCUT2D eigenvalue weighted by atomic mass is 19.3. The first-order valence-electron chi connectivity index (χ1n) is 7.88. The SMILES string of the molecule is Cc1cc(C)cc(OCC(=O)NC(C)c2cccc(OC(F)F)c2)c1. The second-order valence-corrected chi connectivity index (χ2v) is 5.85. The predicted octanol–water partition coefficient (Wildman–Crippen LogP) is 4.16. The van der Waals surface area contributed by atoms with Gasteiger partial charge in [-0.05, 0) is 61.7 Å². The summed E-state index contributed by atoms with van der Waals surface area (Å²) in [5.41, 5.74) is 2.78. The van der Waals surface area contributed by atoms with Gasteiger partial charge in [-0.2, -0.15) is 8.78 Å². The Morgan fingerprint density at radius 2 is 1.76 bits per heavy atom. The third-order valence-corrected chi connectivity index (χ3v) is 3.53. The zero-order valence-corrected chi connectivity index (χ0v) is 14.4. The number of aryl methyl sites for hydroxylation is 2. The Labute approximate surface area is 145 Å². The van der Waals surface area contributed by atoms with Crippen molar-refractivity contribution in [2.45, 2.75) is 33.4 Å². The van der Waals surface area contributed by atoms with Crippen molar-refractivity contribution in [1.29, 1.82) is 0 Å². The summed E-state index contributed by atoms with van der Waals surface area (Å²) < 4.78 is 34.4. The molecule has 0 aliphatic rings. The molecule has 0 aliphatic heterocycles. The molecule has 6 heteroatoms. The first kappa shape index (κ1) is 18.7. The maximum Gasteiger partial charge on any atom is 0.387 e. The van der Waals surface area contributed by atoms with Gasteiger partial charge in [-0.25, -0.2) is 0 Å². The number of benzene rings is 2. The number of halogens is 2. The van der Waals surface area contributed by atoms with Crippen molar-refractivity contribution in [3.8, 4) is 11.5 Å². The van der Waals surface area contributed by atoms with Gasteiger partial charge in [0.1, 0.15) is 11.5 Å². The Morgan fingerprint density at radius 1 is 1.08 bits per heavy atom. The molecule has 2 aromatic rings. The van der Waals surface area contributed by atoms with Crippen LogP contribution in [0.4, 0.5) is 8.78 Å². The Kier molecular flexibility index (Phi) is 6.33. The quantitative estimate of drug-likeness (QED) is 0.816. The minimum atomic E-state index is -2.88. The average molecular weight is 349 g/mol. The molecule has 0 heterocycles. The van der Waals surface area contributed by atoms with Crippen molar-refractivity contribution in [2.75, 3.05) is 6.61 Å². The molecule has 0 spiro atoms. The molecule has 2 aromatic carbocycles. The van der Waals surface area contributed by atoms with Crippen LogP contribution in [-0.2, 0) is 4.79 Å². The molecule has 1 N–H and O–H groups in total. The van der Waals surface area contributed by atoms with Crippen molar-refractivity contribution in [3.05, 3.63) is 59.2 Å². The van der Waals surface area contributed by atoms with Crippen LogP contribution >= 0.6 is 0 Å². The van der Waals surface area contributed by atoms with Crippen LogP contribution in [0.5, 0.6) is 11.5 Å². The van der Waals surface area contributed by atoms with E-state index in [0.717, 1.165) is 11.1 Å². The number of rotatable bonds is 7. The summed E-state index contributed by atoms with van der Waals surface area (Å²) in [6.45, 7) is 2.66. The molecule has 134 valence electrons. The highest BCUT2D eigenvalue weighted by Gasteiger charge is 2.12. The molecule has 0 radical (unpaired) electrons. The number of amides is 1. The van der Waals surface area contributed by atoms with Crippen LogP contribution in [0.15, 0.2) is 42.5 Å². The first-order chi connectivity index (χ1) is 11.8. The van der Waals surface area contributed by atoms with Gasteiger partial charge in [0.2, 0.25) is 0 Å². The predicted molar refractivity (Wildman–Crippen MR) is 91.0 cm³/mol. The van der Waals surface area contributed by atoms with E-state index < -0.39 is 6.61 Å². The van der Waals surface area contributed by atoms with Crippen LogP contribution in [0.1, 0.15) is 29.7 Å². The highest BCUT2D eigenvalue weighted by Crippen LogP contribution is 2.21. The van der Waals surface area contributed by atoms with Gasteiger partial charge < -0.3 is 14.8 Å². The third kappa shape index (κ3) is 6.06. The monoisotopic (exact) mass is 349 g/mol. The van der Waals surface area contributed by atoms with E-state index in [1.165, 1.54) is 12.1 Å². The summed E-state index contributed by atoms with van der Waals surface area (Å²) in [6.07, 6.45) is 0. The minimum Gasteiger partial charge on any atom is -0.484 e. The third-order valence-electron chi connectivity index (χ3n) is 3.53. The number of carbonyl (C=O) groups is 1. The average Bonchev–Trinajstić information content (AvgIpc) is 2.51. The van der Waals surface area contributed by atoms with Gasteiger partial charge in [0, 0.05) is 0 Å². The fourth-order valence-corrected chi connectivity index (χ4v) is 2.49. The maximum atomic E-state index is 12.3. The lowest BCUT2D eigenvalue weighted by molar-refractivity contribution is -0.123. The lowest BCUT2D eigenvalue weighted by Gasteiger charge is -2.16. The fraction of sp³-hybridized carbons (Fsp3) is 0.316. The normalized spacial score (nSPS) is 11.9. The molecule has 0 aromatic heterocycles. The smallest absolute Gasteiger partial charge is 0.387 e. The van der Waals surface area contributed by atoms with Crippen molar-refractivity contribution in [3.63, 3.8) is 0 Å². The first-order valence-corrected chi connectivity index (χ1v) is 7.88. The zero-order valence-electron chi connectivity index (χ0n) is 14.4. The van der Waals surface area contributed by atoms with Crippen molar-refractivity contribution >= 4 is 5.91 Å². The number of carbonyl (C=O) groups excluding carboxylic acids is 1. The van der Waals surface area contributed by atoms with Gasteiger partial charge in [-0.1, -0.05) is 18.2 Å². The summed E-state index contributed by atoms with van der Waals surface area (Å²) in [5.74, 6) is 0.388. The number of ether oxygens (including phenoxy) is 2. The zero-order chi connectivity index (χ0) is 18.4. The standard InChI is InChI=1S/C19H21F2NO3/c1-12-7-13(2)9-17(8-12)24-11-18(23)22-14(3)15-5-4-6-16(10-15)25-19(20)21/h4-10,14,19H,11H2,1-3H3,(H,22,23). The Hall–Kier alpha value is -2.63. The highest BCUT2D eigenvalue weighted by molar-refractivity contribution is 5.78. The van der Waals surface area contributed by atoms with E-state index >= 15 is 0 Å². The van der Waals surface area contributed by atoms with Crippen molar-refractivity contribution < 1.29 is 23.0 Å². The van der Waals surface area contributed by atoms with Crippen LogP contribution in [0.3, 0.4) is 0 Å². The Bertz CT molecular complexity index is 714. The summed E-state index contributed by atoms with van der Waals surface area (Å²) in [4.78, 5) is 12.0. The summed E-state index contributed by atoms with van der Waals surface area (Å²) in [5, 5.41) is 2.77. The van der Waals surface area contributed by atoms with E-state index in [1.54, 1.807) is 19.1 Å². The Morgan fingerprint density at radius 3 is 2.40 bits per heavy atom. The van der Waals surface area contributed by atoms with Crippen LogP contribution in [0.2, 0.25) is 0 Å². The topological polar surface area (TPSA) is 47.6 Å². The van der Waals surface area contributed by atoms with E-state index in [0.29, 0.717) is 11.3 Å². The van der Waals surface area contributed by atoms with Crippen LogP contribution < -0.4 is 14.8 Å². The van der Waals surface area contributed by atoms with Crippen molar-refractivity contribution in [2.24, 2.45) is 0 Å². The van der Waals surface area contributed by atoms with Crippen LogP contribution in [0, 0.1) is 13.8 Å². The number of hydrogen-bond acceptors (Lipinski definition) is 3. The number of nitrogens with one attached hydrogen (secondary N) is 1. The molecular formula is C19H21F2NO3. The summed E-state index contributed by atoms with van der Waals surface area (Å²) in [6, 6.07) is 11.6. The lowest BCUT2D eigenvalue weighted by Crippen LogP contribution is -2.31. The second-order valence-electron chi connectivity index (χ2n) is 5.85. The fourth-order valence-electron chi connectivity index (χ4n) is 2.49. The molecule has 1 amide bonds. The number of alkyl halides is 2. The van der Waals surface area contributed by atoms with Crippen molar-refractivity contribution in [1.82, 2.24) is 5.32 Å². The molecular weight excluding hydrogens is 328 g/mol. The molecule has 2 rings (SSSR count). The van der Waals surface area contributed by atoms with Crippen LogP contribution in [0.25, 0.3) is 0 Å². The summed E-state index contributed by atoms with van der Waals surface area (Å²) >= 11 is 0. The van der Waals surface area contributed by atoms with Gasteiger partial charge in [-0.15, -0.1) is 0 Å². The molecule has 0 saturated carbocycles.